The molecule has 1 aliphatic heterocycles. The van der Waals surface area contributed by atoms with E-state index in [9.17, 15) is 9.90 Å². The van der Waals surface area contributed by atoms with Crippen molar-refractivity contribution in [2.45, 2.75) is 31.8 Å². The van der Waals surface area contributed by atoms with Crippen LogP contribution in [0.5, 0.6) is 5.75 Å². The maximum absolute atomic E-state index is 12.6. The normalized spacial score (nSPS) is 18.2. The van der Waals surface area contributed by atoms with Crippen LogP contribution in [-0.2, 0) is 6.54 Å². The molecule has 3 rings (SSSR count). The number of aromatic nitrogens is 2. The third-order valence-corrected chi connectivity index (χ3v) is 4.72. The molecular weight excluding hydrogens is 316 g/mol. The van der Waals surface area contributed by atoms with Crippen molar-refractivity contribution in [3.8, 4) is 5.75 Å². The summed E-state index contributed by atoms with van der Waals surface area (Å²) in [5.74, 6) is -0.0370. The molecular formula is C19H24N4O2. The van der Waals surface area contributed by atoms with Crippen LogP contribution in [0, 0.1) is 0 Å². The Balaban J connectivity index is 1.59. The molecule has 2 aromatic heterocycles. The lowest BCUT2D eigenvalue weighted by Gasteiger charge is -2.27. The predicted molar refractivity (Wildman–Crippen MR) is 95.1 cm³/mol. The Hall–Kier alpha value is -2.47. The van der Waals surface area contributed by atoms with Crippen molar-refractivity contribution in [2.75, 3.05) is 20.1 Å². The Bertz CT molecular complexity index is 708. The molecule has 1 N–H and O–H groups in total. The summed E-state index contributed by atoms with van der Waals surface area (Å²) in [6.45, 7) is 2.27. The van der Waals surface area contributed by atoms with Gasteiger partial charge in [-0.25, -0.2) is 0 Å². The van der Waals surface area contributed by atoms with E-state index in [4.69, 9.17) is 0 Å². The van der Waals surface area contributed by atoms with Crippen LogP contribution in [-0.4, -0.2) is 57.0 Å². The molecule has 25 heavy (non-hydrogen) atoms. The summed E-state index contributed by atoms with van der Waals surface area (Å²) >= 11 is 0. The smallest absolute Gasteiger partial charge is 0.255 e. The van der Waals surface area contributed by atoms with Gasteiger partial charge in [0, 0.05) is 38.1 Å². The van der Waals surface area contributed by atoms with Crippen LogP contribution in [0.15, 0.2) is 42.9 Å². The van der Waals surface area contributed by atoms with Crippen LogP contribution < -0.4 is 0 Å². The van der Waals surface area contributed by atoms with Crippen molar-refractivity contribution < 1.29 is 9.90 Å². The van der Waals surface area contributed by atoms with Crippen molar-refractivity contribution in [3.63, 3.8) is 0 Å². The van der Waals surface area contributed by atoms with E-state index in [-0.39, 0.29) is 11.7 Å². The number of pyridine rings is 2. The summed E-state index contributed by atoms with van der Waals surface area (Å²) in [7, 11) is 2.12. The lowest BCUT2D eigenvalue weighted by atomic mass is 10.1. The molecule has 6 heteroatoms. The zero-order chi connectivity index (χ0) is 17.6. The Morgan fingerprint density at radius 3 is 2.96 bits per heavy atom. The fourth-order valence-electron chi connectivity index (χ4n) is 3.33. The summed E-state index contributed by atoms with van der Waals surface area (Å²) < 4.78 is 0. The van der Waals surface area contributed by atoms with Crippen molar-refractivity contribution in [1.29, 1.82) is 0 Å². The van der Waals surface area contributed by atoms with Gasteiger partial charge in [-0.15, -0.1) is 0 Å². The monoisotopic (exact) mass is 340 g/mol. The second kappa shape index (κ2) is 8.07. The van der Waals surface area contributed by atoms with E-state index in [2.05, 4.69) is 21.9 Å². The molecule has 6 nitrogen and oxygen atoms in total. The first kappa shape index (κ1) is 17.4. The average molecular weight is 340 g/mol. The number of likely N-dealkylation sites (tertiary alicyclic amines) is 1. The SMILES string of the molecule is CN(Cc1ccccn1)[C@H]1CCCN(C(=O)c2cncc(O)c2)CC1. The van der Waals surface area contributed by atoms with Crippen LogP contribution >= 0.6 is 0 Å². The van der Waals surface area contributed by atoms with E-state index in [1.807, 2.05) is 29.3 Å². The molecule has 132 valence electrons. The molecule has 0 radical (unpaired) electrons. The summed E-state index contributed by atoms with van der Waals surface area (Å²) in [5.41, 5.74) is 1.51. The number of aromatic hydroxyl groups is 1. The number of carbonyl (C=O) groups is 1. The average Bonchev–Trinajstić information content (AvgIpc) is 2.88. The lowest BCUT2D eigenvalue weighted by molar-refractivity contribution is 0.0756. The maximum Gasteiger partial charge on any atom is 0.255 e. The van der Waals surface area contributed by atoms with Gasteiger partial charge in [-0.2, -0.15) is 0 Å². The summed E-state index contributed by atoms with van der Waals surface area (Å²) in [5, 5.41) is 9.53. The minimum absolute atomic E-state index is 0.0219. The Labute approximate surface area is 148 Å². The van der Waals surface area contributed by atoms with Gasteiger partial charge in [0.1, 0.15) is 5.75 Å². The van der Waals surface area contributed by atoms with Crippen LogP contribution in [0.2, 0.25) is 0 Å². The van der Waals surface area contributed by atoms with E-state index in [1.165, 1.54) is 18.5 Å². The van der Waals surface area contributed by atoms with Crippen LogP contribution in [0.4, 0.5) is 0 Å². The molecule has 0 spiro atoms. The Morgan fingerprint density at radius 2 is 2.20 bits per heavy atom. The Morgan fingerprint density at radius 1 is 1.32 bits per heavy atom. The van der Waals surface area contributed by atoms with E-state index >= 15 is 0 Å². The van der Waals surface area contributed by atoms with Gasteiger partial charge < -0.3 is 10.0 Å². The van der Waals surface area contributed by atoms with Gasteiger partial charge in [-0.3, -0.25) is 19.7 Å². The Kier molecular flexibility index (Phi) is 5.60. The fourth-order valence-corrected chi connectivity index (χ4v) is 3.33. The zero-order valence-electron chi connectivity index (χ0n) is 14.5. The highest BCUT2D eigenvalue weighted by atomic mass is 16.3. The van der Waals surface area contributed by atoms with Crippen molar-refractivity contribution in [3.05, 3.63) is 54.1 Å². The second-order valence-corrected chi connectivity index (χ2v) is 6.54. The minimum Gasteiger partial charge on any atom is -0.506 e. The molecule has 1 fully saturated rings. The summed E-state index contributed by atoms with van der Waals surface area (Å²) in [6.07, 6.45) is 7.63. The van der Waals surface area contributed by atoms with Crippen LogP contribution in [0.1, 0.15) is 35.3 Å². The highest BCUT2D eigenvalue weighted by Gasteiger charge is 2.24. The van der Waals surface area contributed by atoms with Gasteiger partial charge in [0.15, 0.2) is 0 Å². The molecule has 1 amide bonds. The number of amides is 1. The molecule has 0 unspecified atom stereocenters. The number of nitrogens with zero attached hydrogens (tertiary/aromatic N) is 4. The molecule has 0 aliphatic carbocycles. The number of carbonyl (C=O) groups excluding carboxylic acids is 1. The summed E-state index contributed by atoms with van der Waals surface area (Å²) in [4.78, 5) is 25.1. The predicted octanol–water partition coefficient (Wildman–Crippen LogP) is 2.31. The van der Waals surface area contributed by atoms with E-state index in [1.54, 1.807) is 0 Å². The van der Waals surface area contributed by atoms with E-state index < -0.39 is 0 Å². The number of hydrogen-bond acceptors (Lipinski definition) is 5. The molecule has 0 saturated carbocycles. The largest absolute Gasteiger partial charge is 0.506 e. The minimum atomic E-state index is -0.0589. The first-order valence-electron chi connectivity index (χ1n) is 8.67. The molecule has 1 atom stereocenters. The first-order valence-corrected chi connectivity index (χ1v) is 8.67. The highest BCUT2D eigenvalue weighted by Crippen LogP contribution is 2.19. The first-order chi connectivity index (χ1) is 12.1. The zero-order valence-corrected chi connectivity index (χ0v) is 14.5. The third-order valence-electron chi connectivity index (χ3n) is 4.72. The lowest BCUT2D eigenvalue weighted by Crippen LogP contribution is -2.35. The van der Waals surface area contributed by atoms with Gasteiger partial charge in [0.05, 0.1) is 17.5 Å². The molecule has 2 aromatic rings. The fraction of sp³-hybridized carbons (Fsp3) is 0.421. The van der Waals surface area contributed by atoms with E-state index in [0.29, 0.717) is 18.2 Å². The standard InChI is InChI=1S/C19H24N4O2/c1-22(14-16-5-2-3-8-21-16)17-6-4-9-23(10-7-17)19(25)15-11-18(24)13-20-12-15/h2-3,5,8,11-13,17,24H,4,6-7,9-10,14H2,1H3/t17-/m0/s1. The van der Waals surface area contributed by atoms with Gasteiger partial charge in [0.25, 0.3) is 5.91 Å². The van der Waals surface area contributed by atoms with Gasteiger partial charge in [-0.1, -0.05) is 6.07 Å². The topological polar surface area (TPSA) is 69.6 Å². The highest BCUT2D eigenvalue weighted by molar-refractivity contribution is 5.94. The number of hydrogen-bond donors (Lipinski definition) is 1. The third kappa shape index (κ3) is 4.54. The number of rotatable bonds is 4. The van der Waals surface area contributed by atoms with Gasteiger partial charge in [-0.05, 0) is 44.5 Å². The molecule has 0 bridgehead atoms. The molecule has 1 aliphatic rings. The van der Waals surface area contributed by atoms with E-state index in [0.717, 1.165) is 38.0 Å². The van der Waals surface area contributed by atoms with Gasteiger partial charge in [0.2, 0.25) is 0 Å². The van der Waals surface area contributed by atoms with Crippen molar-refractivity contribution in [1.82, 2.24) is 19.8 Å². The summed E-state index contributed by atoms with van der Waals surface area (Å²) in [6, 6.07) is 7.88. The molecule has 1 saturated heterocycles. The van der Waals surface area contributed by atoms with Gasteiger partial charge >= 0.3 is 0 Å². The molecule has 0 aromatic carbocycles. The quantitative estimate of drug-likeness (QED) is 0.925. The second-order valence-electron chi connectivity index (χ2n) is 6.54. The maximum atomic E-state index is 12.6. The van der Waals surface area contributed by atoms with Crippen LogP contribution in [0.25, 0.3) is 0 Å². The molecule has 3 heterocycles. The van der Waals surface area contributed by atoms with Crippen LogP contribution in [0.3, 0.4) is 0 Å². The van der Waals surface area contributed by atoms with Crippen molar-refractivity contribution >= 4 is 5.91 Å². The van der Waals surface area contributed by atoms with Crippen molar-refractivity contribution in [2.24, 2.45) is 0 Å².